The molecule has 10 nitrogen and oxygen atoms in total. The number of rotatable bonds is 13. The van der Waals surface area contributed by atoms with Gasteiger partial charge in [-0.3, -0.25) is 9.69 Å². The van der Waals surface area contributed by atoms with E-state index in [-0.39, 0.29) is 23.1 Å². The molecule has 4 rings (SSSR count). The van der Waals surface area contributed by atoms with Gasteiger partial charge in [0.1, 0.15) is 5.84 Å². The lowest BCUT2D eigenvalue weighted by molar-refractivity contribution is -0.132. The van der Waals surface area contributed by atoms with E-state index in [0.29, 0.717) is 35.7 Å². The summed E-state index contributed by atoms with van der Waals surface area (Å²) in [5.41, 5.74) is 9.72. The van der Waals surface area contributed by atoms with Gasteiger partial charge in [-0.2, -0.15) is 4.99 Å². The summed E-state index contributed by atoms with van der Waals surface area (Å²) in [7, 11) is -3.89. The van der Waals surface area contributed by atoms with Crippen molar-refractivity contribution >= 4 is 27.9 Å². The fourth-order valence-corrected chi connectivity index (χ4v) is 6.94. The lowest BCUT2D eigenvalue weighted by Crippen LogP contribution is -2.36. The zero-order valence-electron chi connectivity index (χ0n) is 27.6. The standard InChI is InChI=1S/C36H47N5O5S/c1-4-40(5-2)26(3)46-36(43)39-35(37)31-15-11-14-29(22-31)25-41(24-28-12-7-6-8-13-28)34(42)23-27-18-20-30(21-19-27)32-16-9-10-17-33(32)47(38,44)45/h9-11,14-22,26,28H,4-8,12-13,23-25H2,1-3H3,(H2,37,39,43)(H2,38,44,45). The van der Waals surface area contributed by atoms with Gasteiger partial charge >= 0.3 is 6.09 Å². The molecule has 47 heavy (non-hydrogen) atoms. The molecule has 252 valence electrons. The van der Waals surface area contributed by atoms with Gasteiger partial charge in [-0.05, 0) is 67.6 Å². The number of carbonyl (C=O) groups is 2. The largest absolute Gasteiger partial charge is 0.437 e. The number of hydrogen-bond donors (Lipinski definition) is 2. The van der Waals surface area contributed by atoms with Crippen molar-refractivity contribution in [3.8, 4) is 11.1 Å². The number of nitrogens with two attached hydrogens (primary N) is 2. The Labute approximate surface area is 278 Å². The predicted octanol–water partition coefficient (Wildman–Crippen LogP) is 5.68. The van der Waals surface area contributed by atoms with Gasteiger partial charge < -0.3 is 15.4 Å². The van der Waals surface area contributed by atoms with E-state index in [1.165, 1.54) is 25.3 Å². The van der Waals surface area contributed by atoms with E-state index in [9.17, 15) is 18.0 Å². The van der Waals surface area contributed by atoms with E-state index in [0.717, 1.165) is 37.1 Å². The van der Waals surface area contributed by atoms with E-state index in [4.69, 9.17) is 15.6 Å². The Kier molecular flexibility index (Phi) is 12.7. The molecule has 0 aromatic heterocycles. The van der Waals surface area contributed by atoms with Crippen molar-refractivity contribution in [1.29, 1.82) is 0 Å². The molecule has 4 N–H and O–H groups in total. The number of primary sulfonamides is 1. The Morgan fingerprint density at radius 2 is 1.62 bits per heavy atom. The van der Waals surface area contributed by atoms with Crippen LogP contribution in [0.15, 0.2) is 82.7 Å². The number of ether oxygens (including phenoxy) is 1. The van der Waals surface area contributed by atoms with E-state index >= 15 is 0 Å². The zero-order chi connectivity index (χ0) is 34.0. The molecule has 1 aliphatic carbocycles. The fourth-order valence-electron chi connectivity index (χ4n) is 6.17. The van der Waals surface area contributed by atoms with Crippen LogP contribution in [0.4, 0.5) is 4.79 Å². The van der Waals surface area contributed by atoms with E-state index in [2.05, 4.69) is 4.99 Å². The predicted molar refractivity (Wildman–Crippen MR) is 185 cm³/mol. The molecule has 1 unspecified atom stereocenters. The Morgan fingerprint density at radius 1 is 0.936 bits per heavy atom. The van der Waals surface area contributed by atoms with Crippen LogP contribution >= 0.6 is 0 Å². The average molecular weight is 662 g/mol. The highest BCUT2D eigenvalue weighted by Crippen LogP contribution is 2.28. The monoisotopic (exact) mass is 661 g/mol. The van der Waals surface area contributed by atoms with Crippen molar-refractivity contribution in [2.75, 3.05) is 19.6 Å². The highest BCUT2D eigenvalue weighted by Gasteiger charge is 2.22. The maximum absolute atomic E-state index is 13.8. The van der Waals surface area contributed by atoms with Crippen LogP contribution in [0.2, 0.25) is 0 Å². The minimum Gasteiger partial charge on any atom is -0.429 e. The average Bonchev–Trinajstić information content (AvgIpc) is 3.05. The molecule has 3 aromatic rings. The molecular formula is C36H47N5O5S. The van der Waals surface area contributed by atoms with Crippen molar-refractivity contribution in [1.82, 2.24) is 9.80 Å². The molecule has 11 heteroatoms. The molecule has 2 amide bonds. The summed E-state index contributed by atoms with van der Waals surface area (Å²) in [6.07, 6.45) is 4.77. The van der Waals surface area contributed by atoms with Crippen LogP contribution in [0, 0.1) is 5.92 Å². The first kappa shape index (κ1) is 35.8. The summed E-state index contributed by atoms with van der Waals surface area (Å²) in [4.78, 5) is 34.2. The minimum absolute atomic E-state index is 0.00531. The van der Waals surface area contributed by atoms with E-state index < -0.39 is 22.3 Å². The van der Waals surface area contributed by atoms with Crippen molar-refractivity contribution < 1.29 is 22.7 Å². The second-order valence-electron chi connectivity index (χ2n) is 12.1. The summed E-state index contributed by atoms with van der Waals surface area (Å²) in [6.45, 7) is 8.31. The van der Waals surface area contributed by atoms with Crippen LogP contribution < -0.4 is 10.9 Å². The van der Waals surface area contributed by atoms with Crippen molar-refractivity contribution in [3.63, 3.8) is 0 Å². The molecule has 1 aliphatic rings. The number of carbonyl (C=O) groups excluding carboxylic acids is 2. The normalized spacial score (nSPS) is 15.0. The second kappa shape index (κ2) is 16.7. The highest BCUT2D eigenvalue weighted by molar-refractivity contribution is 7.89. The first-order chi connectivity index (χ1) is 22.5. The summed E-state index contributed by atoms with van der Waals surface area (Å²) in [5.74, 6) is 0.481. The number of hydrogen-bond acceptors (Lipinski definition) is 6. The molecule has 1 fully saturated rings. The van der Waals surface area contributed by atoms with Gasteiger partial charge in [0, 0.05) is 24.2 Å². The third-order valence-electron chi connectivity index (χ3n) is 8.78. The van der Waals surface area contributed by atoms with Gasteiger partial charge in [-0.25, -0.2) is 18.4 Å². The maximum Gasteiger partial charge on any atom is 0.437 e. The molecule has 1 saturated carbocycles. The molecule has 1 atom stereocenters. The lowest BCUT2D eigenvalue weighted by atomic mass is 9.88. The molecule has 0 bridgehead atoms. The van der Waals surface area contributed by atoms with E-state index in [1.54, 1.807) is 31.2 Å². The quantitative estimate of drug-likeness (QED) is 0.136. The van der Waals surface area contributed by atoms with Crippen LogP contribution in [-0.2, 0) is 32.5 Å². The van der Waals surface area contributed by atoms with Gasteiger partial charge in [0.15, 0.2) is 6.23 Å². The SMILES string of the molecule is CCN(CC)C(C)OC(=O)N=C(N)c1cccc(CN(CC2CCCCC2)C(=O)Cc2ccc(-c3ccccc3S(N)(=O)=O)cc2)c1. The first-order valence-electron chi connectivity index (χ1n) is 16.4. The smallest absolute Gasteiger partial charge is 0.429 e. The van der Waals surface area contributed by atoms with Gasteiger partial charge in [-0.15, -0.1) is 0 Å². The summed E-state index contributed by atoms with van der Waals surface area (Å²) in [6, 6.07) is 21.4. The molecule has 3 aromatic carbocycles. The zero-order valence-corrected chi connectivity index (χ0v) is 28.4. The van der Waals surface area contributed by atoms with Crippen molar-refractivity contribution in [2.45, 2.75) is 77.0 Å². The third-order valence-corrected chi connectivity index (χ3v) is 9.74. The molecule has 0 spiro atoms. The van der Waals surface area contributed by atoms with Crippen LogP contribution in [-0.4, -0.2) is 61.9 Å². The number of nitrogens with zero attached hydrogens (tertiary/aromatic N) is 3. The molecule has 0 saturated heterocycles. The first-order valence-corrected chi connectivity index (χ1v) is 17.9. The second-order valence-corrected chi connectivity index (χ2v) is 13.6. The van der Waals surface area contributed by atoms with Crippen LogP contribution in [0.1, 0.15) is 69.6 Å². The molecule has 0 aliphatic heterocycles. The number of aliphatic imine (C=N–C) groups is 1. The minimum atomic E-state index is -3.89. The Hall–Kier alpha value is -4.06. The van der Waals surface area contributed by atoms with Crippen LogP contribution in [0.5, 0.6) is 0 Å². The van der Waals surface area contributed by atoms with Crippen LogP contribution in [0.3, 0.4) is 0 Å². The number of benzene rings is 3. The molecular weight excluding hydrogens is 614 g/mol. The Bertz CT molecular complexity index is 1650. The summed E-state index contributed by atoms with van der Waals surface area (Å²) in [5, 5.41) is 5.43. The topological polar surface area (TPSA) is 148 Å². The lowest BCUT2D eigenvalue weighted by Gasteiger charge is -2.30. The fraction of sp³-hybridized carbons (Fsp3) is 0.417. The van der Waals surface area contributed by atoms with E-state index in [1.807, 2.05) is 66.1 Å². The van der Waals surface area contributed by atoms with Gasteiger partial charge in [0.2, 0.25) is 15.9 Å². The molecule has 0 radical (unpaired) electrons. The van der Waals surface area contributed by atoms with Crippen LogP contribution in [0.25, 0.3) is 11.1 Å². The maximum atomic E-state index is 13.8. The number of amidine groups is 1. The van der Waals surface area contributed by atoms with Crippen molar-refractivity contribution in [3.05, 3.63) is 89.5 Å². The Balaban J connectivity index is 1.50. The Morgan fingerprint density at radius 3 is 2.28 bits per heavy atom. The van der Waals surface area contributed by atoms with Crippen molar-refractivity contribution in [2.24, 2.45) is 21.8 Å². The third kappa shape index (κ3) is 10.2. The number of amides is 2. The number of sulfonamides is 1. The highest BCUT2D eigenvalue weighted by atomic mass is 32.2. The van der Waals surface area contributed by atoms with Gasteiger partial charge in [0.05, 0.1) is 11.3 Å². The summed E-state index contributed by atoms with van der Waals surface area (Å²) >= 11 is 0. The molecule has 0 heterocycles. The summed E-state index contributed by atoms with van der Waals surface area (Å²) < 4.78 is 29.7. The van der Waals surface area contributed by atoms with Gasteiger partial charge in [-0.1, -0.05) is 93.8 Å². The van der Waals surface area contributed by atoms with Gasteiger partial charge in [0.25, 0.3) is 0 Å².